The van der Waals surface area contributed by atoms with Crippen LogP contribution in [0.1, 0.15) is 25.7 Å². The molecule has 0 aliphatic carbocycles. The van der Waals surface area contributed by atoms with Crippen molar-refractivity contribution in [1.29, 1.82) is 0 Å². The third-order valence-corrected chi connectivity index (χ3v) is 3.51. The largest absolute Gasteiger partial charge is 0.477 e. The molecule has 1 aliphatic rings. The summed E-state index contributed by atoms with van der Waals surface area (Å²) in [5.41, 5.74) is 10.4. The van der Waals surface area contributed by atoms with Crippen LogP contribution < -0.4 is 21.4 Å². The van der Waals surface area contributed by atoms with E-state index in [0.717, 1.165) is 0 Å². The lowest BCUT2D eigenvalue weighted by molar-refractivity contribution is -0.964. The van der Waals surface area contributed by atoms with Crippen molar-refractivity contribution in [2.75, 3.05) is 6.54 Å². The molecule has 0 saturated carbocycles. The van der Waals surface area contributed by atoms with E-state index in [1.54, 1.807) is 0 Å². The lowest BCUT2D eigenvalue weighted by Gasteiger charge is -2.27. The Morgan fingerprint density at radius 1 is 1.30 bits per heavy atom. The molecule has 0 spiro atoms. The molecule has 20 heavy (non-hydrogen) atoms. The van der Waals surface area contributed by atoms with E-state index >= 15 is 0 Å². The first kappa shape index (κ1) is 16.2. The number of carboxylic acid groups (broad SMARTS) is 2. The Bertz CT molecular complexity index is 396. The van der Waals surface area contributed by atoms with Gasteiger partial charge >= 0.3 is 17.9 Å². The van der Waals surface area contributed by atoms with Gasteiger partial charge in [-0.05, 0) is 6.42 Å². The highest BCUT2D eigenvalue weighted by atomic mass is 16.4. The molecule has 0 aromatic heterocycles. The lowest BCUT2D eigenvalue weighted by atomic mass is 10.1. The zero-order chi connectivity index (χ0) is 15.3. The number of nitrogens with two attached hydrogens (primary N) is 2. The number of hydrogen-bond acceptors (Lipinski definition) is 3. The summed E-state index contributed by atoms with van der Waals surface area (Å²) < 4.78 is 0. The first-order valence-corrected chi connectivity index (χ1v) is 6.46. The summed E-state index contributed by atoms with van der Waals surface area (Å²) in [5.74, 6) is -2.15. The maximum Gasteiger partial charge on any atom is 0.362 e. The molecular formula is C11H22N4O5+2. The van der Waals surface area contributed by atoms with Gasteiger partial charge in [0.25, 0.3) is 0 Å². The Balaban J connectivity index is 2.71. The van der Waals surface area contributed by atoms with Gasteiger partial charge in [0.15, 0.2) is 18.3 Å². The fourth-order valence-electron chi connectivity index (χ4n) is 2.60. The monoisotopic (exact) mass is 290 g/mol. The Hall–Kier alpha value is -1.87. The average molecular weight is 290 g/mol. The average Bonchev–Trinajstić information content (AvgIpc) is 2.70. The van der Waals surface area contributed by atoms with Gasteiger partial charge in [0.05, 0.1) is 6.54 Å². The summed E-state index contributed by atoms with van der Waals surface area (Å²) in [6, 6.07) is -1.85. The molecule has 9 heteroatoms. The molecule has 0 bridgehead atoms. The number of rotatable bonds is 7. The van der Waals surface area contributed by atoms with Crippen molar-refractivity contribution in [1.82, 2.24) is 0 Å². The third kappa shape index (κ3) is 4.07. The Morgan fingerprint density at radius 2 is 1.95 bits per heavy atom. The summed E-state index contributed by atoms with van der Waals surface area (Å²) in [6.45, 7) is 0.396. The SMILES string of the molecule is NC(N)=[NH+]CCC[C@@H](C(=O)O)[NH+]1[C@@H](C(=O)O)CC[C@@H]1O. The van der Waals surface area contributed by atoms with Crippen LogP contribution in [0.3, 0.4) is 0 Å². The van der Waals surface area contributed by atoms with Gasteiger partial charge in [0.1, 0.15) is 0 Å². The maximum absolute atomic E-state index is 11.3. The number of hydrogen-bond donors (Lipinski definition) is 7. The summed E-state index contributed by atoms with van der Waals surface area (Å²) in [6.07, 6.45) is 0.287. The van der Waals surface area contributed by atoms with Crippen molar-refractivity contribution in [3.63, 3.8) is 0 Å². The maximum atomic E-state index is 11.3. The first-order valence-electron chi connectivity index (χ1n) is 6.46. The molecule has 0 radical (unpaired) electrons. The van der Waals surface area contributed by atoms with E-state index in [-0.39, 0.29) is 30.1 Å². The van der Waals surface area contributed by atoms with Crippen LogP contribution in [0.15, 0.2) is 0 Å². The van der Waals surface area contributed by atoms with Crippen molar-refractivity contribution in [2.24, 2.45) is 11.5 Å². The van der Waals surface area contributed by atoms with Gasteiger partial charge in [-0.25, -0.2) is 9.59 Å². The summed E-state index contributed by atoms with van der Waals surface area (Å²) in [5, 5.41) is 28.2. The van der Waals surface area contributed by atoms with Gasteiger partial charge in [-0.2, -0.15) is 0 Å². The summed E-state index contributed by atoms with van der Waals surface area (Å²) in [4.78, 5) is 25.3. The number of guanidine groups is 1. The van der Waals surface area contributed by atoms with Crippen LogP contribution in [-0.2, 0) is 9.59 Å². The third-order valence-electron chi connectivity index (χ3n) is 3.51. The van der Waals surface area contributed by atoms with E-state index in [9.17, 15) is 19.8 Å². The zero-order valence-electron chi connectivity index (χ0n) is 11.1. The van der Waals surface area contributed by atoms with Crippen LogP contribution in [0.2, 0.25) is 0 Å². The highest BCUT2D eigenvalue weighted by molar-refractivity contribution is 5.74. The molecule has 0 aromatic carbocycles. The van der Waals surface area contributed by atoms with Crippen molar-refractivity contribution < 1.29 is 34.8 Å². The topological polar surface area (TPSA) is 165 Å². The fraction of sp³-hybridized carbons (Fsp3) is 0.727. The van der Waals surface area contributed by atoms with E-state index in [1.165, 1.54) is 0 Å². The molecule has 4 atom stereocenters. The van der Waals surface area contributed by atoms with E-state index in [2.05, 4.69) is 4.99 Å². The quantitative estimate of drug-likeness (QED) is 0.140. The predicted molar refractivity (Wildman–Crippen MR) is 67.5 cm³/mol. The minimum atomic E-state index is -1.11. The fourth-order valence-corrected chi connectivity index (χ4v) is 2.60. The van der Waals surface area contributed by atoms with E-state index in [4.69, 9.17) is 16.6 Å². The molecule has 9 N–H and O–H groups in total. The normalized spacial score (nSPS) is 26.9. The summed E-state index contributed by atoms with van der Waals surface area (Å²) in [7, 11) is 0. The number of likely N-dealkylation sites (tertiary alicyclic amines) is 1. The molecule has 0 aromatic rings. The summed E-state index contributed by atoms with van der Waals surface area (Å²) >= 11 is 0. The number of nitrogens with one attached hydrogen (secondary N) is 2. The van der Waals surface area contributed by atoms with Crippen LogP contribution >= 0.6 is 0 Å². The highest BCUT2D eigenvalue weighted by Crippen LogP contribution is 2.08. The number of aliphatic hydroxyl groups excluding tert-OH is 1. The molecule has 1 fully saturated rings. The van der Waals surface area contributed by atoms with E-state index in [0.29, 0.717) is 13.0 Å². The second kappa shape index (κ2) is 7.06. The van der Waals surface area contributed by atoms with Crippen LogP contribution in [0.5, 0.6) is 0 Å². The number of carbonyl (C=O) groups is 2. The van der Waals surface area contributed by atoms with E-state index in [1.807, 2.05) is 0 Å². The number of aliphatic hydroxyl groups is 1. The number of quaternary nitrogens is 1. The molecule has 9 nitrogen and oxygen atoms in total. The van der Waals surface area contributed by atoms with Crippen LogP contribution in [0.4, 0.5) is 0 Å². The minimum absolute atomic E-state index is 0.0499. The molecular weight excluding hydrogens is 268 g/mol. The molecule has 1 aliphatic heterocycles. The van der Waals surface area contributed by atoms with Crippen molar-refractivity contribution in [3.8, 4) is 0 Å². The van der Waals surface area contributed by atoms with Gasteiger partial charge < -0.3 is 15.3 Å². The predicted octanol–water partition coefficient (Wildman–Crippen LogP) is -4.98. The van der Waals surface area contributed by atoms with Gasteiger partial charge in [-0.1, -0.05) is 0 Å². The van der Waals surface area contributed by atoms with Gasteiger partial charge in [-0.15, -0.1) is 0 Å². The second-order valence-electron chi connectivity index (χ2n) is 4.90. The molecule has 1 unspecified atom stereocenters. The molecule has 1 saturated heterocycles. The van der Waals surface area contributed by atoms with Crippen molar-refractivity contribution in [2.45, 2.75) is 44.0 Å². The smallest absolute Gasteiger partial charge is 0.362 e. The van der Waals surface area contributed by atoms with Gasteiger partial charge in [0.2, 0.25) is 0 Å². The molecule has 114 valence electrons. The minimum Gasteiger partial charge on any atom is -0.477 e. The molecule has 1 heterocycles. The second-order valence-corrected chi connectivity index (χ2v) is 4.90. The van der Waals surface area contributed by atoms with Crippen LogP contribution in [-0.4, -0.2) is 58.1 Å². The first-order chi connectivity index (χ1) is 9.34. The Labute approximate surface area is 115 Å². The Kier molecular flexibility index (Phi) is 5.71. The van der Waals surface area contributed by atoms with Crippen LogP contribution in [0, 0.1) is 0 Å². The number of carboxylic acids is 2. The standard InChI is InChI=1S/C11H20N4O5/c12-11(13)14-5-1-2-6(9(17)18)15-7(10(19)20)3-4-8(15)16/h6-8,16H,1-5H2,(H,17,18)(H,19,20)(H4,12,13,14)/p+2/t6-,7+,8-/m0/s1. The Morgan fingerprint density at radius 3 is 2.45 bits per heavy atom. The molecule has 1 rings (SSSR count). The van der Waals surface area contributed by atoms with Gasteiger partial charge in [-0.3, -0.25) is 21.4 Å². The van der Waals surface area contributed by atoms with E-state index < -0.39 is 30.3 Å². The zero-order valence-corrected chi connectivity index (χ0v) is 11.1. The molecule has 0 amide bonds. The van der Waals surface area contributed by atoms with Crippen LogP contribution in [0.25, 0.3) is 0 Å². The van der Waals surface area contributed by atoms with Crippen molar-refractivity contribution in [3.05, 3.63) is 0 Å². The lowest BCUT2D eigenvalue weighted by Crippen LogP contribution is -3.22. The highest BCUT2D eigenvalue weighted by Gasteiger charge is 2.47. The van der Waals surface area contributed by atoms with Gasteiger partial charge in [0, 0.05) is 19.3 Å². The number of aliphatic carboxylic acids is 2. The van der Waals surface area contributed by atoms with Crippen molar-refractivity contribution >= 4 is 17.9 Å².